The molecule has 0 spiro atoms. The number of carboxylic acids is 1. The van der Waals surface area contributed by atoms with Gasteiger partial charge in [-0.15, -0.1) is 0 Å². The lowest BCUT2D eigenvalue weighted by atomic mass is 9.43. The third-order valence-electron chi connectivity index (χ3n) is 10.8. The molecule has 5 unspecified atom stereocenters. The highest BCUT2D eigenvalue weighted by atomic mass is 16.5. The highest BCUT2D eigenvalue weighted by molar-refractivity contribution is 5.71. The van der Waals surface area contributed by atoms with E-state index in [9.17, 15) is 15.0 Å². The summed E-state index contributed by atoms with van der Waals surface area (Å²) in [6.07, 6.45) is 8.91. The van der Waals surface area contributed by atoms with Gasteiger partial charge in [0.25, 0.3) is 0 Å². The Kier molecular flexibility index (Phi) is 7.54. The summed E-state index contributed by atoms with van der Waals surface area (Å²) in [6, 6.07) is 0.0469. The Labute approximate surface area is 201 Å². The van der Waals surface area contributed by atoms with E-state index in [0.717, 1.165) is 51.5 Å². The molecule has 190 valence electrons. The van der Waals surface area contributed by atoms with Crippen LogP contribution in [0.2, 0.25) is 0 Å². The van der Waals surface area contributed by atoms with E-state index in [1.165, 1.54) is 12.8 Å². The van der Waals surface area contributed by atoms with Crippen molar-refractivity contribution in [1.29, 1.82) is 0 Å². The number of nitrogens with one attached hydrogen (secondary N) is 1. The van der Waals surface area contributed by atoms with Crippen LogP contribution in [-0.2, 0) is 9.53 Å². The molecule has 0 aromatic carbocycles. The van der Waals surface area contributed by atoms with Crippen LogP contribution in [0.25, 0.3) is 0 Å². The largest absolute Gasteiger partial charge is 0.481 e. The first-order valence-corrected chi connectivity index (χ1v) is 13.9. The van der Waals surface area contributed by atoms with Crippen LogP contribution in [0.3, 0.4) is 0 Å². The maximum atomic E-state index is 12.0. The first-order chi connectivity index (χ1) is 15.6. The molecule has 4 rings (SSSR count). The van der Waals surface area contributed by atoms with E-state index in [1.54, 1.807) is 0 Å². The first kappa shape index (κ1) is 25.4. The molecule has 4 aliphatic carbocycles. The lowest BCUT2D eigenvalue weighted by Crippen LogP contribution is -2.68. The van der Waals surface area contributed by atoms with E-state index in [-0.39, 0.29) is 28.9 Å². The van der Waals surface area contributed by atoms with Crippen LogP contribution >= 0.6 is 0 Å². The molecular formula is C28H49NO4. The van der Waals surface area contributed by atoms with Gasteiger partial charge < -0.3 is 20.3 Å². The third kappa shape index (κ3) is 4.29. The van der Waals surface area contributed by atoms with Gasteiger partial charge in [-0.25, -0.2) is 0 Å². The minimum absolute atomic E-state index is 0.0357. The SMILES string of the molecule is CCCOC1CC2CC[C@@H]3[C@@H](CC[C@]4(C)C(C(=O)O)CC[C@@H]34)[C@@]2(C)C(NCCC(C)C)C1O. The number of hydrogen-bond acceptors (Lipinski definition) is 4. The normalized spacial score (nSPS) is 47.1. The van der Waals surface area contributed by atoms with Crippen molar-refractivity contribution in [2.45, 2.75) is 111 Å². The summed E-state index contributed by atoms with van der Waals surface area (Å²) in [5.74, 6) is 2.08. The molecular weight excluding hydrogens is 414 g/mol. The van der Waals surface area contributed by atoms with Crippen LogP contribution in [-0.4, -0.2) is 47.6 Å². The average Bonchev–Trinajstić information content (AvgIpc) is 3.12. The predicted molar refractivity (Wildman–Crippen MR) is 131 cm³/mol. The lowest BCUT2D eigenvalue weighted by molar-refractivity contribution is -0.190. The van der Waals surface area contributed by atoms with Gasteiger partial charge in [0.15, 0.2) is 0 Å². The highest BCUT2D eigenvalue weighted by Crippen LogP contribution is 2.67. The summed E-state index contributed by atoms with van der Waals surface area (Å²) in [7, 11) is 0. The molecule has 0 bridgehead atoms. The summed E-state index contributed by atoms with van der Waals surface area (Å²) >= 11 is 0. The maximum absolute atomic E-state index is 12.0. The molecule has 5 nitrogen and oxygen atoms in total. The summed E-state index contributed by atoms with van der Waals surface area (Å²) < 4.78 is 6.20. The van der Waals surface area contributed by atoms with E-state index in [2.05, 4.69) is 39.9 Å². The summed E-state index contributed by atoms with van der Waals surface area (Å²) in [5, 5.41) is 25.4. The molecule has 0 radical (unpaired) electrons. The Morgan fingerprint density at radius 3 is 2.55 bits per heavy atom. The second-order valence-electron chi connectivity index (χ2n) is 12.8. The van der Waals surface area contributed by atoms with Gasteiger partial charge in [0.05, 0.1) is 18.1 Å². The smallest absolute Gasteiger partial charge is 0.307 e. The van der Waals surface area contributed by atoms with Crippen LogP contribution in [0.4, 0.5) is 0 Å². The zero-order chi connectivity index (χ0) is 24.0. The van der Waals surface area contributed by atoms with Crippen LogP contribution in [0.1, 0.15) is 92.4 Å². The van der Waals surface area contributed by atoms with Gasteiger partial charge in [0.1, 0.15) is 0 Å². The predicted octanol–water partition coefficient (Wildman–Crippen LogP) is 5.11. The summed E-state index contributed by atoms with van der Waals surface area (Å²) in [4.78, 5) is 12.0. The van der Waals surface area contributed by atoms with Crippen molar-refractivity contribution in [3.05, 3.63) is 0 Å². The van der Waals surface area contributed by atoms with Crippen molar-refractivity contribution in [1.82, 2.24) is 5.32 Å². The van der Waals surface area contributed by atoms with Crippen molar-refractivity contribution >= 4 is 5.97 Å². The summed E-state index contributed by atoms with van der Waals surface area (Å²) in [5.41, 5.74) is -0.0230. The van der Waals surface area contributed by atoms with Crippen LogP contribution < -0.4 is 5.32 Å². The number of carboxylic acid groups (broad SMARTS) is 1. The fraction of sp³-hybridized carbons (Fsp3) is 0.964. The fourth-order valence-corrected chi connectivity index (χ4v) is 9.04. The number of rotatable bonds is 8. The Balaban J connectivity index is 1.61. The zero-order valence-electron chi connectivity index (χ0n) is 21.7. The van der Waals surface area contributed by atoms with Crippen molar-refractivity contribution in [2.75, 3.05) is 13.2 Å². The number of hydrogen-bond donors (Lipinski definition) is 3. The standard InChI is InChI=1S/C28H49NO4/c1-6-15-33-23-16-18-7-8-19-20-9-10-22(26(31)32)27(20,4)13-11-21(19)28(18,5)25(24(23)30)29-14-12-17(2)3/h17-25,29-30H,6-16H2,1-5H3,(H,31,32)/t18?,19-,20-,21+,22?,23?,24?,25?,27-,28-/m0/s1. The van der Waals surface area contributed by atoms with Crippen molar-refractivity contribution < 1.29 is 19.7 Å². The van der Waals surface area contributed by atoms with Crippen molar-refractivity contribution in [3.8, 4) is 0 Å². The molecule has 3 N–H and O–H groups in total. The molecule has 0 heterocycles. The zero-order valence-corrected chi connectivity index (χ0v) is 21.7. The molecule has 33 heavy (non-hydrogen) atoms. The second-order valence-corrected chi connectivity index (χ2v) is 12.8. The minimum atomic E-state index is -0.587. The fourth-order valence-electron chi connectivity index (χ4n) is 9.04. The number of aliphatic carboxylic acids is 1. The van der Waals surface area contributed by atoms with Gasteiger partial charge in [0, 0.05) is 12.6 Å². The van der Waals surface area contributed by atoms with Gasteiger partial charge in [-0.2, -0.15) is 0 Å². The Hall–Kier alpha value is -0.650. The number of fused-ring (bicyclic) bond motifs is 5. The number of aliphatic hydroxyl groups excluding tert-OH is 1. The van der Waals surface area contributed by atoms with Crippen molar-refractivity contribution in [3.63, 3.8) is 0 Å². The minimum Gasteiger partial charge on any atom is -0.481 e. The topological polar surface area (TPSA) is 78.8 Å². The van der Waals surface area contributed by atoms with E-state index < -0.39 is 12.1 Å². The van der Waals surface area contributed by atoms with E-state index in [1.807, 2.05) is 0 Å². The van der Waals surface area contributed by atoms with Gasteiger partial charge in [-0.05, 0) is 105 Å². The third-order valence-corrected chi connectivity index (χ3v) is 10.8. The molecule has 0 aromatic heterocycles. The van der Waals surface area contributed by atoms with Crippen molar-refractivity contribution in [2.24, 2.45) is 46.3 Å². The maximum Gasteiger partial charge on any atom is 0.307 e. The quantitative estimate of drug-likeness (QED) is 0.466. The van der Waals surface area contributed by atoms with Crippen LogP contribution in [0.5, 0.6) is 0 Å². The van der Waals surface area contributed by atoms with Gasteiger partial charge in [-0.3, -0.25) is 4.79 Å². The van der Waals surface area contributed by atoms with E-state index in [4.69, 9.17) is 4.74 Å². The number of carbonyl (C=O) groups is 1. The molecule has 4 fully saturated rings. The molecule has 10 atom stereocenters. The highest BCUT2D eigenvalue weighted by Gasteiger charge is 2.64. The molecule has 4 aliphatic rings. The average molecular weight is 464 g/mol. The van der Waals surface area contributed by atoms with E-state index >= 15 is 0 Å². The Morgan fingerprint density at radius 1 is 1.12 bits per heavy atom. The van der Waals surface area contributed by atoms with Gasteiger partial charge in [-0.1, -0.05) is 34.6 Å². The van der Waals surface area contributed by atoms with Gasteiger partial charge >= 0.3 is 5.97 Å². The molecule has 0 aromatic rings. The Morgan fingerprint density at radius 2 is 1.88 bits per heavy atom. The monoisotopic (exact) mass is 463 g/mol. The molecule has 0 saturated heterocycles. The molecule has 5 heteroatoms. The molecule has 4 saturated carbocycles. The first-order valence-electron chi connectivity index (χ1n) is 13.9. The summed E-state index contributed by atoms with van der Waals surface area (Å²) in [6.45, 7) is 13.0. The van der Waals surface area contributed by atoms with Crippen LogP contribution in [0.15, 0.2) is 0 Å². The molecule has 0 aliphatic heterocycles. The number of ether oxygens (including phenoxy) is 1. The van der Waals surface area contributed by atoms with Gasteiger partial charge in [0.2, 0.25) is 0 Å². The van der Waals surface area contributed by atoms with E-state index in [0.29, 0.717) is 36.2 Å². The van der Waals surface area contributed by atoms with Crippen LogP contribution in [0, 0.1) is 46.3 Å². The molecule has 0 amide bonds. The second kappa shape index (κ2) is 9.78. The Bertz CT molecular complexity index is 697. The lowest BCUT2D eigenvalue weighted by Gasteiger charge is -2.64. The number of aliphatic hydroxyl groups is 1.